The molecule has 4 rings (SSSR count). The Kier molecular flexibility index (Phi) is 4.68. The van der Waals surface area contributed by atoms with Gasteiger partial charge in [0.2, 0.25) is 0 Å². The molecular weight excluding hydrogens is 415 g/mol. The van der Waals surface area contributed by atoms with Crippen LogP contribution in [-0.2, 0) is 24.6 Å². The summed E-state index contributed by atoms with van der Waals surface area (Å²) < 4.78 is 0. The van der Waals surface area contributed by atoms with Crippen LogP contribution in [0.2, 0.25) is 0 Å². The van der Waals surface area contributed by atoms with Gasteiger partial charge in [0.1, 0.15) is 0 Å². The molecule has 28 heavy (non-hydrogen) atoms. The lowest BCUT2D eigenvalue weighted by atomic mass is 9.43. The Labute approximate surface area is 168 Å². The summed E-state index contributed by atoms with van der Waals surface area (Å²) >= 11 is 12.4. The summed E-state index contributed by atoms with van der Waals surface area (Å²) in [7, 11) is 0. The van der Waals surface area contributed by atoms with Crippen molar-refractivity contribution in [2.45, 2.75) is 10.3 Å². The number of carbonyl (C=O) groups excluding carboxylic acids is 4. The highest BCUT2D eigenvalue weighted by Gasteiger charge is 2.70. The van der Waals surface area contributed by atoms with Gasteiger partial charge >= 0.3 is 0 Å². The minimum Gasteiger partial charge on any atom is -0.550 e. The van der Waals surface area contributed by atoms with Crippen molar-refractivity contribution < 1.29 is 39.6 Å². The topological polar surface area (TPSA) is 161 Å². The average molecular weight is 425 g/mol. The Morgan fingerprint density at radius 3 is 1.50 bits per heavy atom. The van der Waals surface area contributed by atoms with Crippen LogP contribution in [0.25, 0.3) is 0 Å². The van der Waals surface area contributed by atoms with Gasteiger partial charge in [0.25, 0.3) is 0 Å². The summed E-state index contributed by atoms with van der Waals surface area (Å²) in [6, 6.07) is 7.04. The molecule has 6 atom stereocenters. The molecule has 1 fully saturated rings. The van der Waals surface area contributed by atoms with E-state index in [1.54, 1.807) is 0 Å². The smallest absolute Gasteiger partial charge is 0.0971 e. The second kappa shape index (κ2) is 6.49. The van der Waals surface area contributed by atoms with E-state index < -0.39 is 62.9 Å². The van der Waals surface area contributed by atoms with E-state index in [1.165, 1.54) is 30.3 Å². The number of carboxylic acid groups (broad SMARTS) is 4. The Balaban J connectivity index is 2.52. The maximum Gasteiger partial charge on any atom is 0.0971 e. The van der Waals surface area contributed by atoms with Crippen LogP contribution in [0.1, 0.15) is 5.56 Å². The van der Waals surface area contributed by atoms with E-state index in [0.29, 0.717) is 0 Å². The molecule has 0 spiro atoms. The van der Waals surface area contributed by atoms with Gasteiger partial charge in [-0.25, -0.2) is 0 Å². The number of aliphatic carboxylic acids is 4. The number of hydrogen-bond acceptors (Lipinski definition) is 8. The second-order valence-corrected chi connectivity index (χ2v) is 7.78. The highest BCUT2D eigenvalue weighted by atomic mass is 35.5. The lowest BCUT2D eigenvalue weighted by molar-refractivity contribution is -0.348. The summed E-state index contributed by atoms with van der Waals surface area (Å²) in [6.45, 7) is 0. The first-order chi connectivity index (χ1) is 13.0. The zero-order valence-corrected chi connectivity index (χ0v) is 15.3. The van der Waals surface area contributed by atoms with Crippen LogP contribution in [0.5, 0.6) is 0 Å². The Morgan fingerprint density at radius 1 is 0.750 bits per heavy atom. The number of allylic oxidation sites excluding steroid dienone is 2. The average Bonchev–Trinajstić information content (AvgIpc) is 2.61. The van der Waals surface area contributed by atoms with E-state index >= 15 is 0 Å². The molecule has 1 aromatic rings. The van der Waals surface area contributed by atoms with Crippen molar-refractivity contribution in [2.75, 3.05) is 0 Å². The normalized spacial score (nSPS) is 36.4. The fourth-order valence-electron chi connectivity index (χ4n) is 4.67. The molecule has 3 aliphatic carbocycles. The lowest BCUT2D eigenvalue weighted by Gasteiger charge is -2.65. The van der Waals surface area contributed by atoms with Gasteiger partial charge in [-0.3, -0.25) is 0 Å². The molecule has 1 saturated carbocycles. The van der Waals surface area contributed by atoms with Crippen molar-refractivity contribution >= 4 is 47.1 Å². The van der Waals surface area contributed by atoms with Crippen LogP contribution in [-0.4, -0.2) is 28.8 Å². The van der Waals surface area contributed by atoms with Crippen molar-refractivity contribution in [1.82, 2.24) is 0 Å². The van der Waals surface area contributed by atoms with Gasteiger partial charge in [-0.1, -0.05) is 48.0 Å². The Morgan fingerprint density at radius 2 is 1.14 bits per heavy atom. The lowest BCUT2D eigenvalue weighted by Crippen LogP contribution is -2.76. The monoisotopic (exact) mass is 424 g/mol. The van der Waals surface area contributed by atoms with Gasteiger partial charge in [0, 0.05) is 58.0 Å². The van der Waals surface area contributed by atoms with Gasteiger partial charge in [-0.2, -0.15) is 0 Å². The van der Waals surface area contributed by atoms with Crippen LogP contribution in [0.4, 0.5) is 0 Å². The molecule has 1 aromatic carbocycles. The molecule has 0 amide bonds. The number of benzene rings is 1. The summed E-state index contributed by atoms with van der Waals surface area (Å²) in [5, 5.41) is 47.3. The van der Waals surface area contributed by atoms with Crippen molar-refractivity contribution in [3.63, 3.8) is 0 Å². The molecule has 10 heteroatoms. The maximum absolute atomic E-state index is 12.0. The Bertz CT molecular complexity index is 869. The second-order valence-electron chi connectivity index (χ2n) is 6.75. The van der Waals surface area contributed by atoms with E-state index in [-0.39, 0.29) is 5.56 Å². The molecule has 3 aliphatic rings. The van der Waals surface area contributed by atoms with E-state index in [9.17, 15) is 39.6 Å². The van der Waals surface area contributed by atoms with E-state index in [0.717, 1.165) is 6.08 Å². The quantitative estimate of drug-likeness (QED) is 0.440. The summed E-state index contributed by atoms with van der Waals surface area (Å²) in [5.74, 6) is -16.6. The maximum atomic E-state index is 12.0. The molecular formula is C18H10Cl2O8-4. The Hall–Kier alpha value is -2.58. The standard InChI is InChI=1S/C18H14Cl2O8/c19-8-6-17(7-4-2-1-3-5-7)9(13(21)22)11(15(25)26)18(8,20)12(16(27)28)10(17)14(23)24/h1-6,9-12H,(H,21,22)(H,23,24)(H,25,26)(H,27,28)/p-4/t9-,10-,11-,12+,17?,18?/m1/s1. The number of carbonyl (C=O) groups is 4. The molecule has 2 unspecified atom stereocenters. The predicted molar refractivity (Wildman–Crippen MR) is 84.6 cm³/mol. The van der Waals surface area contributed by atoms with Crippen LogP contribution in [0, 0.1) is 23.7 Å². The SMILES string of the molecule is O=C([O-])[C@@H]1[C@H](C(=O)[O-])C2(c3ccccc3)C=C(Cl)C1(Cl)[C@@H](C(=O)[O-])[C@@H]2C(=O)[O-]. The van der Waals surface area contributed by atoms with Crippen LogP contribution in [0.3, 0.4) is 0 Å². The third-order valence-electron chi connectivity index (χ3n) is 5.62. The third kappa shape index (κ3) is 2.37. The number of hydrogen-bond donors (Lipinski definition) is 0. The molecule has 0 saturated heterocycles. The third-order valence-corrected chi connectivity index (χ3v) is 6.81. The predicted octanol–water partition coefficient (Wildman–Crippen LogP) is -3.48. The first-order valence-corrected chi connectivity index (χ1v) is 8.73. The van der Waals surface area contributed by atoms with Crippen molar-refractivity contribution in [2.24, 2.45) is 23.7 Å². The van der Waals surface area contributed by atoms with E-state index in [4.69, 9.17) is 23.2 Å². The zero-order chi connectivity index (χ0) is 21.0. The van der Waals surface area contributed by atoms with Crippen LogP contribution >= 0.6 is 23.2 Å². The van der Waals surface area contributed by atoms with Gasteiger partial charge in [0.15, 0.2) is 0 Å². The molecule has 148 valence electrons. The van der Waals surface area contributed by atoms with E-state index in [2.05, 4.69) is 0 Å². The zero-order valence-electron chi connectivity index (χ0n) is 13.8. The minimum atomic E-state index is -2.63. The first kappa shape index (κ1) is 20.2. The van der Waals surface area contributed by atoms with Gasteiger partial charge in [0.05, 0.1) is 4.87 Å². The number of rotatable bonds is 5. The van der Waals surface area contributed by atoms with Gasteiger partial charge in [-0.15, -0.1) is 11.6 Å². The highest BCUT2D eigenvalue weighted by Crippen LogP contribution is 2.66. The van der Waals surface area contributed by atoms with Crippen LogP contribution < -0.4 is 20.4 Å². The van der Waals surface area contributed by atoms with Gasteiger partial charge < -0.3 is 39.6 Å². The molecule has 0 aliphatic heterocycles. The van der Waals surface area contributed by atoms with Crippen molar-refractivity contribution in [3.05, 3.63) is 47.0 Å². The molecule has 0 radical (unpaired) electrons. The van der Waals surface area contributed by atoms with E-state index in [1.807, 2.05) is 0 Å². The molecule has 0 N–H and O–H groups in total. The van der Waals surface area contributed by atoms with Crippen molar-refractivity contribution in [1.29, 1.82) is 0 Å². The molecule has 0 heterocycles. The summed E-state index contributed by atoms with van der Waals surface area (Å²) in [6.07, 6.45) is 0.969. The highest BCUT2D eigenvalue weighted by molar-refractivity contribution is 6.42. The van der Waals surface area contributed by atoms with Crippen molar-refractivity contribution in [3.8, 4) is 0 Å². The minimum absolute atomic E-state index is 0.00698. The number of carboxylic acids is 4. The molecule has 8 nitrogen and oxygen atoms in total. The number of alkyl halides is 1. The molecule has 2 bridgehead atoms. The molecule has 0 aromatic heterocycles. The van der Waals surface area contributed by atoms with Crippen LogP contribution in [0.15, 0.2) is 41.4 Å². The summed E-state index contributed by atoms with van der Waals surface area (Å²) in [5.41, 5.74) is -2.24. The number of fused-ring (bicyclic) bond motifs is 2. The fraction of sp³-hybridized carbons (Fsp3) is 0.333. The first-order valence-electron chi connectivity index (χ1n) is 7.98. The fourth-order valence-corrected chi connectivity index (χ4v) is 5.57. The van der Waals surface area contributed by atoms with Gasteiger partial charge in [-0.05, 0) is 5.56 Å². The largest absolute Gasteiger partial charge is 0.550 e. The number of halogens is 2. The summed E-state index contributed by atoms with van der Waals surface area (Å²) in [4.78, 5) is 45.2.